The first-order chi connectivity index (χ1) is 11.6. The molecule has 0 aliphatic rings. The second kappa shape index (κ2) is 7.11. The summed E-state index contributed by atoms with van der Waals surface area (Å²) in [5, 5.41) is 4.56. The molecule has 124 valence electrons. The minimum atomic E-state index is -0.440. The summed E-state index contributed by atoms with van der Waals surface area (Å²) in [6.07, 6.45) is 0. The second-order valence-electron chi connectivity index (χ2n) is 5.15. The molecule has 3 rings (SSSR count). The Morgan fingerprint density at radius 2 is 2.17 bits per heavy atom. The summed E-state index contributed by atoms with van der Waals surface area (Å²) < 4.78 is 18.6. The number of thiophene rings is 1. The molecule has 1 amide bonds. The molecule has 0 spiro atoms. The predicted octanol–water partition coefficient (Wildman–Crippen LogP) is 4.29. The summed E-state index contributed by atoms with van der Waals surface area (Å²) in [6.45, 7) is 0.297. The SMILES string of the molecule is COc1ccc(CN(C)C(=O)c2csc(-c3cccs3)n2)cc1F. The van der Waals surface area contributed by atoms with Gasteiger partial charge in [-0.25, -0.2) is 9.37 Å². The van der Waals surface area contributed by atoms with Gasteiger partial charge in [-0.1, -0.05) is 12.1 Å². The summed E-state index contributed by atoms with van der Waals surface area (Å²) >= 11 is 3.03. The van der Waals surface area contributed by atoms with Crippen LogP contribution >= 0.6 is 22.7 Å². The zero-order valence-corrected chi connectivity index (χ0v) is 14.8. The zero-order chi connectivity index (χ0) is 17.1. The fourth-order valence-corrected chi connectivity index (χ4v) is 3.84. The molecule has 0 bridgehead atoms. The average Bonchev–Trinajstić information content (AvgIpc) is 3.25. The van der Waals surface area contributed by atoms with Crippen molar-refractivity contribution < 1.29 is 13.9 Å². The fourth-order valence-electron chi connectivity index (χ4n) is 2.23. The molecule has 3 aromatic rings. The molecule has 7 heteroatoms. The zero-order valence-electron chi connectivity index (χ0n) is 13.2. The average molecular weight is 362 g/mol. The highest BCUT2D eigenvalue weighted by Gasteiger charge is 2.17. The summed E-state index contributed by atoms with van der Waals surface area (Å²) in [6, 6.07) is 8.60. The van der Waals surface area contributed by atoms with Crippen LogP contribution in [0.15, 0.2) is 41.1 Å². The van der Waals surface area contributed by atoms with E-state index in [1.54, 1.807) is 35.9 Å². The van der Waals surface area contributed by atoms with Gasteiger partial charge in [0.2, 0.25) is 0 Å². The van der Waals surface area contributed by atoms with E-state index in [0.717, 1.165) is 9.88 Å². The number of methoxy groups -OCH3 is 1. The van der Waals surface area contributed by atoms with Crippen molar-refractivity contribution in [3.05, 3.63) is 58.2 Å². The lowest BCUT2D eigenvalue weighted by molar-refractivity contribution is 0.0780. The molecular formula is C17H15FN2O2S2. The number of nitrogens with zero attached hydrogens (tertiary/aromatic N) is 2. The van der Waals surface area contributed by atoms with Gasteiger partial charge in [-0.3, -0.25) is 4.79 Å². The van der Waals surface area contributed by atoms with Crippen LogP contribution in [0.5, 0.6) is 5.75 Å². The number of rotatable bonds is 5. The van der Waals surface area contributed by atoms with Crippen LogP contribution in [-0.4, -0.2) is 29.9 Å². The van der Waals surface area contributed by atoms with Crippen LogP contribution in [0, 0.1) is 5.82 Å². The highest BCUT2D eigenvalue weighted by Crippen LogP contribution is 2.28. The molecule has 0 unspecified atom stereocenters. The Morgan fingerprint density at radius 3 is 2.83 bits per heavy atom. The topological polar surface area (TPSA) is 42.4 Å². The third-order valence-corrected chi connectivity index (χ3v) is 5.32. The van der Waals surface area contributed by atoms with Crippen LogP contribution in [0.2, 0.25) is 0 Å². The molecule has 0 saturated carbocycles. The van der Waals surface area contributed by atoms with Gasteiger partial charge in [-0.05, 0) is 29.1 Å². The minimum absolute atomic E-state index is 0.188. The van der Waals surface area contributed by atoms with E-state index in [-0.39, 0.29) is 11.7 Å². The molecule has 2 aromatic heterocycles. The van der Waals surface area contributed by atoms with Gasteiger partial charge < -0.3 is 9.64 Å². The van der Waals surface area contributed by atoms with Crippen molar-refractivity contribution in [2.45, 2.75) is 6.54 Å². The number of thiazole rings is 1. The van der Waals surface area contributed by atoms with E-state index in [2.05, 4.69) is 4.98 Å². The summed E-state index contributed by atoms with van der Waals surface area (Å²) in [5.74, 6) is -0.442. The highest BCUT2D eigenvalue weighted by molar-refractivity contribution is 7.20. The van der Waals surface area contributed by atoms with Crippen molar-refractivity contribution in [3.63, 3.8) is 0 Å². The summed E-state index contributed by atoms with van der Waals surface area (Å²) in [5.41, 5.74) is 1.10. The van der Waals surface area contributed by atoms with Gasteiger partial charge in [0.25, 0.3) is 5.91 Å². The Balaban J connectivity index is 1.72. The largest absolute Gasteiger partial charge is 0.494 e. The van der Waals surface area contributed by atoms with Crippen molar-refractivity contribution in [2.24, 2.45) is 0 Å². The second-order valence-corrected chi connectivity index (χ2v) is 6.95. The van der Waals surface area contributed by atoms with E-state index < -0.39 is 5.82 Å². The van der Waals surface area contributed by atoms with Crippen molar-refractivity contribution in [2.75, 3.05) is 14.2 Å². The molecule has 0 aliphatic heterocycles. The Morgan fingerprint density at radius 1 is 1.33 bits per heavy atom. The smallest absolute Gasteiger partial charge is 0.273 e. The Labute approximate surface area is 147 Å². The molecule has 1 aromatic carbocycles. The van der Waals surface area contributed by atoms with Crippen LogP contribution in [0.3, 0.4) is 0 Å². The van der Waals surface area contributed by atoms with E-state index in [1.807, 2.05) is 17.5 Å². The number of aromatic nitrogens is 1. The number of amides is 1. The predicted molar refractivity (Wildman–Crippen MR) is 94.2 cm³/mol. The molecule has 2 heterocycles. The molecule has 0 atom stereocenters. The minimum Gasteiger partial charge on any atom is -0.494 e. The van der Waals surface area contributed by atoms with Crippen molar-refractivity contribution in [3.8, 4) is 15.6 Å². The molecule has 0 aliphatic carbocycles. The van der Waals surface area contributed by atoms with Crippen LogP contribution in [-0.2, 0) is 6.54 Å². The Bertz CT molecular complexity index is 846. The number of ether oxygens (including phenoxy) is 1. The van der Waals surface area contributed by atoms with Crippen LogP contribution in [0.1, 0.15) is 16.1 Å². The highest BCUT2D eigenvalue weighted by atomic mass is 32.1. The van der Waals surface area contributed by atoms with Gasteiger partial charge in [0.05, 0.1) is 12.0 Å². The first-order valence-corrected chi connectivity index (χ1v) is 8.91. The van der Waals surface area contributed by atoms with Gasteiger partial charge in [0, 0.05) is 19.0 Å². The molecule has 24 heavy (non-hydrogen) atoms. The maximum absolute atomic E-state index is 13.7. The number of carbonyl (C=O) groups excluding carboxylic acids is 1. The van der Waals surface area contributed by atoms with Crippen molar-refractivity contribution in [1.82, 2.24) is 9.88 Å². The molecule has 0 saturated heterocycles. The van der Waals surface area contributed by atoms with Crippen molar-refractivity contribution in [1.29, 1.82) is 0 Å². The van der Waals surface area contributed by atoms with Gasteiger partial charge >= 0.3 is 0 Å². The number of halogens is 1. The first-order valence-electron chi connectivity index (χ1n) is 7.15. The maximum Gasteiger partial charge on any atom is 0.273 e. The number of hydrogen-bond acceptors (Lipinski definition) is 5. The lowest BCUT2D eigenvalue weighted by atomic mass is 10.2. The normalized spacial score (nSPS) is 10.6. The number of carbonyl (C=O) groups is 1. The fraction of sp³-hybridized carbons (Fsp3) is 0.176. The first kappa shape index (κ1) is 16.6. The summed E-state index contributed by atoms with van der Waals surface area (Å²) in [7, 11) is 3.09. The quantitative estimate of drug-likeness (QED) is 0.680. The lowest BCUT2D eigenvalue weighted by Gasteiger charge is -2.16. The third-order valence-electron chi connectivity index (χ3n) is 3.44. The third kappa shape index (κ3) is 3.47. The Kier molecular flexibility index (Phi) is 4.92. The van der Waals surface area contributed by atoms with Crippen LogP contribution in [0.4, 0.5) is 4.39 Å². The monoisotopic (exact) mass is 362 g/mol. The molecule has 4 nitrogen and oxygen atoms in total. The maximum atomic E-state index is 13.7. The summed E-state index contributed by atoms with van der Waals surface area (Å²) in [4.78, 5) is 19.5. The standard InChI is InChI=1S/C17H15FN2O2S2/c1-20(9-11-5-6-14(22-2)12(18)8-11)17(21)13-10-24-16(19-13)15-4-3-7-23-15/h3-8,10H,9H2,1-2H3. The lowest BCUT2D eigenvalue weighted by Crippen LogP contribution is -2.26. The van der Waals surface area contributed by atoms with Gasteiger partial charge in [0.1, 0.15) is 10.7 Å². The molecule has 0 fully saturated rings. The van der Waals surface area contributed by atoms with Crippen LogP contribution in [0.25, 0.3) is 9.88 Å². The van der Waals surface area contributed by atoms with E-state index in [9.17, 15) is 9.18 Å². The number of hydrogen-bond donors (Lipinski definition) is 0. The van der Waals surface area contributed by atoms with Gasteiger partial charge in [0.15, 0.2) is 11.6 Å². The van der Waals surface area contributed by atoms with Gasteiger partial charge in [-0.2, -0.15) is 0 Å². The van der Waals surface area contributed by atoms with E-state index in [4.69, 9.17) is 4.74 Å². The molecular weight excluding hydrogens is 347 g/mol. The van der Waals surface area contributed by atoms with Gasteiger partial charge in [-0.15, -0.1) is 22.7 Å². The number of benzene rings is 1. The van der Waals surface area contributed by atoms with Crippen LogP contribution < -0.4 is 4.74 Å². The Hall–Kier alpha value is -2.25. The molecule has 0 radical (unpaired) electrons. The molecule has 0 N–H and O–H groups in total. The van der Waals surface area contributed by atoms with E-state index >= 15 is 0 Å². The van der Waals surface area contributed by atoms with Crippen molar-refractivity contribution >= 4 is 28.6 Å². The van der Waals surface area contributed by atoms with E-state index in [1.165, 1.54) is 29.4 Å². The van der Waals surface area contributed by atoms with E-state index in [0.29, 0.717) is 17.8 Å².